The number of Topliss-reactive ketones (excluding diaryl/α,β-unsaturated/α-hetero) is 1. The van der Waals surface area contributed by atoms with Gasteiger partial charge in [0.05, 0.1) is 17.6 Å². The third-order valence-corrected chi connectivity index (χ3v) is 6.82. The molecule has 2 N–H and O–H groups in total. The Labute approximate surface area is 187 Å². The summed E-state index contributed by atoms with van der Waals surface area (Å²) in [6, 6.07) is 12.5. The molecule has 0 saturated heterocycles. The van der Waals surface area contributed by atoms with Crippen molar-refractivity contribution < 1.29 is 9.21 Å². The molecule has 0 spiro atoms. The van der Waals surface area contributed by atoms with Gasteiger partial charge >= 0.3 is 0 Å². The van der Waals surface area contributed by atoms with E-state index < -0.39 is 5.92 Å². The van der Waals surface area contributed by atoms with Crippen molar-refractivity contribution in [2.24, 2.45) is 5.73 Å². The molecule has 1 aliphatic carbocycles. The first-order valence-electron chi connectivity index (χ1n) is 10.8. The lowest BCUT2D eigenvalue weighted by Crippen LogP contribution is -2.38. The molecule has 1 aromatic heterocycles. The van der Waals surface area contributed by atoms with Crippen LogP contribution in [0, 0.1) is 18.3 Å². The van der Waals surface area contributed by atoms with Crippen LogP contribution in [-0.2, 0) is 11.2 Å². The van der Waals surface area contributed by atoms with Gasteiger partial charge in [0.2, 0.25) is 0 Å². The van der Waals surface area contributed by atoms with Crippen LogP contribution in [-0.4, -0.2) is 11.5 Å². The first-order valence-corrected chi connectivity index (χ1v) is 11.8. The monoisotopic (exact) mass is 433 g/mol. The first kappa shape index (κ1) is 21.3. The summed E-state index contributed by atoms with van der Waals surface area (Å²) in [5, 5.41) is 10.9. The molecule has 0 saturated carbocycles. The van der Waals surface area contributed by atoms with E-state index in [0.717, 1.165) is 52.8 Å². The predicted octanol–water partition coefficient (Wildman–Crippen LogP) is 5.57. The van der Waals surface area contributed by atoms with Gasteiger partial charge in [-0.15, -0.1) is 0 Å². The lowest BCUT2D eigenvalue weighted by atomic mass is 9.76. The Morgan fingerprint density at radius 1 is 1.26 bits per heavy atom. The van der Waals surface area contributed by atoms with Crippen LogP contribution in [0.15, 0.2) is 62.5 Å². The standard InChI is InChI=1S/C25H27N3O2S/c1-4-16-9-11-17(12-10-16)28-20-7-6-8-21(29)23(20)22(19(14-26)24(28)27)18-13-15(3)30-25(18)31-5-2/h9-13,22H,4-8,27H2,1-3H3. The van der Waals surface area contributed by atoms with Gasteiger partial charge in [-0.3, -0.25) is 9.69 Å². The number of benzene rings is 1. The van der Waals surface area contributed by atoms with E-state index in [-0.39, 0.29) is 5.78 Å². The summed E-state index contributed by atoms with van der Waals surface area (Å²) in [6.07, 6.45) is 2.97. The van der Waals surface area contributed by atoms with Crippen molar-refractivity contribution in [3.63, 3.8) is 0 Å². The highest BCUT2D eigenvalue weighted by Crippen LogP contribution is 2.48. The summed E-state index contributed by atoms with van der Waals surface area (Å²) in [6.45, 7) is 6.06. The minimum absolute atomic E-state index is 0.0907. The van der Waals surface area contributed by atoms with E-state index in [1.54, 1.807) is 11.8 Å². The zero-order chi connectivity index (χ0) is 22.1. The van der Waals surface area contributed by atoms with Crippen molar-refractivity contribution in [2.45, 2.75) is 57.5 Å². The van der Waals surface area contributed by atoms with Crippen molar-refractivity contribution in [1.29, 1.82) is 5.26 Å². The summed E-state index contributed by atoms with van der Waals surface area (Å²) in [4.78, 5) is 15.2. The van der Waals surface area contributed by atoms with Gasteiger partial charge in [0.15, 0.2) is 10.9 Å². The number of ketones is 1. The predicted molar refractivity (Wildman–Crippen MR) is 124 cm³/mol. The fraction of sp³-hybridized carbons (Fsp3) is 0.360. The molecule has 5 nitrogen and oxygen atoms in total. The zero-order valence-corrected chi connectivity index (χ0v) is 19.0. The maximum atomic E-state index is 13.2. The quantitative estimate of drug-likeness (QED) is 0.621. The number of carbonyl (C=O) groups is 1. The zero-order valence-electron chi connectivity index (χ0n) is 18.2. The van der Waals surface area contributed by atoms with Crippen molar-refractivity contribution in [1.82, 2.24) is 0 Å². The Hall–Kier alpha value is -2.91. The molecule has 0 bridgehead atoms. The molecular formula is C25H27N3O2S. The minimum Gasteiger partial charge on any atom is -0.455 e. The first-order chi connectivity index (χ1) is 15.0. The van der Waals surface area contributed by atoms with Crippen LogP contribution in [0.25, 0.3) is 0 Å². The molecule has 1 atom stereocenters. The fourth-order valence-corrected chi connectivity index (χ4v) is 5.33. The number of thioether (sulfide) groups is 1. The molecule has 0 amide bonds. The molecule has 6 heteroatoms. The van der Waals surface area contributed by atoms with Gasteiger partial charge in [-0.2, -0.15) is 5.26 Å². The van der Waals surface area contributed by atoms with Crippen molar-refractivity contribution in [2.75, 3.05) is 10.7 Å². The van der Waals surface area contributed by atoms with E-state index in [2.05, 4.69) is 32.0 Å². The highest BCUT2D eigenvalue weighted by Gasteiger charge is 2.41. The Balaban J connectivity index is 1.94. The number of hydrogen-bond donors (Lipinski definition) is 1. The van der Waals surface area contributed by atoms with E-state index in [9.17, 15) is 10.1 Å². The number of rotatable bonds is 5. The number of hydrogen-bond acceptors (Lipinski definition) is 6. The summed E-state index contributed by atoms with van der Waals surface area (Å²) < 4.78 is 5.93. The molecule has 4 rings (SSSR count). The van der Waals surface area contributed by atoms with Crippen LogP contribution in [0.5, 0.6) is 0 Å². The molecule has 0 radical (unpaired) electrons. The second-order valence-electron chi connectivity index (χ2n) is 7.87. The van der Waals surface area contributed by atoms with Gasteiger partial charge in [-0.25, -0.2) is 0 Å². The summed E-state index contributed by atoms with van der Waals surface area (Å²) >= 11 is 1.59. The average Bonchev–Trinajstić information content (AvgIpc) is 3.13. The van der Waals surface area contributed by atoms with Crippen LogP contribution in [0.1, 0.15) is 55.9 Å². The van der Waals surface area contributed by atoms with Gasteiger partial charge in [0.25, 0.3) is 0 Å². The number of nitrogens with zero attached hydrogens (tertiary/aromatic N) is 2. The molecule has 2 aliphatic rings. The average molecular weight is 434 g/mol. The highest BCUT2D eigenvalue weighted by atomic mass is 32.2. The van der Waals surface area contributed by atoms with Crippen LogP contribution in [0.4, 0.5) is 5.69 Å². The van der Waals surface area contributed by atoms with E-state index in [4.69, 9.17) is 10.2 Å². The van der Waals surface area contributed by atoms with Crippen molar-refractivity contribution in [3.05, 3.63) is 69.9 Å². The van der Waals surface area contributed by atoms with Crippen molar-refractivity contribution >= 4 is 23.2 Å². The smallest absolute Gasteiger partial charge is 0.164 e. The molecule has 1 aliphatic heterocycles. The van der Waals surface area contributed by atoms with Crippen LogP contribution in [0.3, 0.4) is 0 Å². The summed E-state index contributed by atoms with van der Waals surface area (Å²) in [5.74, 6) is 1.61. The van der Waals surface area contributed by atoms with Gasteiger partial charge < -0.3 is 10.2 Å². The Kier molecular flexibility index (Phi) is 5.97. The van der Waals surface area contributed by atoms with Gasteiger partial charge in [-0.1, -0.05) is 37.7 Å². The fourth-order valence-electron chi connectivity index (χ4n) is 4.53. The van der Waals surface area contributed by atoms with E-state index in [1.807, 2.05) is 30.0 Å². The molecule has 160 valence electrons. The maximum Gasteiger partial charge on any atom is 0.164 e. The molecule has 31 heavy (non-hydrogen) atoms. The number of aryl methyl sites for hydroxylation is 2. The van der Waals surface area contributed by atoms with E-state index >= 15 is 0 Å². The molecular weight excluding hydrogens is 406 g/mol. The number of anilines is 1. The summed E-state index contributed by atoms with van der Waals surface area (Å²) in [5.41, 5.74) is 11.6. The third-order valence-electron chi connectivity index (χ3n) is 5.95. The molecule has 2 heterocycles. The van der Waals surface area contributed by atoms with Crippen molar-refractivity contribution in [3.8, 4) is 6.07 Å². The van der Waals surface area contributed by atoms with E-state index in [1.165, 1.54) is 5.56 Å². The van der Waals surface area contributed by atoms with Crippen LogP contribution < -0.4 is 10.6 Å². The van der Waals surface area contributed by atoms with Gasteiger partial charge in [-0.05, 0) is 55.7 Å². The Morgan fingerprint density at radius 3 is 2.65 bits per heavy atom. The Morgan fingerprint density at radius 2 is 2.00 bits per heavy atom. The van der Waals surface area contributed by atoms with E-state index in [0.29, 0.717) is 23.4 Å². The number of carbonyl (C=O) groups excluding carboxylic acids is 1. The number of allylic oxidation sites excluding steroid dienone is 3. The molecule has 0 fully saturated rings. The van der Waals surface area contributed by atoms with Crippen LogP contribution >= 0.6 is 11.8 Å². The Bertz CT molecular complexity index is 1120. The normalized spacial score (nSPS) is 19.0. The highest BCUT2D eigenvalue weighted by molar-refractivity contribution is 7.99. The second-order valence-corrected chi connectivity index (χ2v) is 9.11. The topological polar surface area (TPSA) is 83.3 Å². The lowest BCUT2D eigenvalue weighted by Gasteiger charge is -2.39. The van der Waals surface area contributed by atoms with Crippen LogP contribution in [0.2, 0.25) is 0 Å². The molecule has 2 aromatic rings. The molecule has 1 unspecified atom stereocenters. The SMILES string of the molecule is CCSc1oc(C)cc1C1C(C#N)=C(N)N(c2ccc(CC)cc2)C2=C1C(=O)CCC2. The second kappa shape index (κ2) is 8.68. The minimum atomic E-state index is -0.481. The number of nitriles is 1. The summed E-state index contributed by atoms with van der Waals surface area (Å²) in [7, 11) is 0. The largest absolute Gasteiger partial charge is 0.455 e. The lowest BCUT2D eigenvalue weighted by molar-refractivity contribution is -0.116. The van der Waals surface area contributed by atoms with Gasteiger partial charge in [0.1, 0.15) is 11.6 Å². The number of nitrogens with two attached hydrogens (primary N) is 1. The van der Waals surface area contributed by atoms with Gasteiger partial charge in [0, 0.05) is 28.9 Å². The third kappa shape index (κ3) is 3.68. The maximum absolute atomic E-state index is 13.2. The number of furan rings is 1. The molecule has 1 aromatic carbocycles.